The van der Waals surface area contributed by atoms with Crippen molar-refractivity contribution in [1.29, 1.82) is 0 Å². The van der Waals surface area contributed by atoms with Crippen molar-refractivity contribution in [3.63, 3.8) is 0 Å². The van der Waals surface area contributed by atoms with E-state index in [1.54, 1.807) is 12.1 Å². The molecule has 1 aliphatic heterocycles. The maximum Gasteiger partial charge on any atom is 0.238 e. The van der Waals surface area contributed by atoms with Crippen LogP contribution in [0.4, 0.5) is 0 Å². The van der Waals surface area contributed by atoms with Crippen molar-refractivity contribution in [1.82, 2.24) is 4.90 Å². The lowest BCUT2D eigenvalue weighted by Gasteiger charge is -2.34. The van der Waals surface area contributed by atoms with Gasteiger partial charge in [0, 0.05) is 13.1 Å². The van der Waals surface area contributed by atoms with Crippen LogP contribution in [0.15, 0.2) is 29.2 Å². The number of hydrogen-bond donors (Lipinski definition) is 2. The number of likely N-dealkylation sites (tertiary alicyclic amines) is 1. The van der Waals surface area contributed by atoms with E-state index in [1.807, 2.05) is 19.1 Å². The van der Waals surface area contributed by atoms with Gasteiger partial charge in [-0.2, -0.15) is 0 Å². The molecule has 1 fully saturated rings. The Bertz CT molecular complexity index is 555. The number of piperidine rings is 1. The fraction of sp³-hybridized carbons (Fsp3) is 0.600. The second kappa shape index (κ2) is 6.87. The quantitative estimate of drug-likeness (QED) is 0.848. The predicted octanol–water partition coefficient (Wildman–Crippen LogP) is 0.969. The molecule has 1 aromatic carbocycles. The number of aliphatic hydroxyl groups is 1. The second-order valence-corrected chi connectivity index (χ2v) is 7.44. The van der Waals surface area contributed by atoms with Crippen molar-refractivity contribution in [2.75, 3.05) is 19.6 Å². The summed E-state index contributed by atoms with van der Waals surface area (Å²) in [6, 6.07) is 6.74. The lowest BCUT2D eigenvalue weighted by Crippen LogP contribution is -2.40. The third-order valence-corrected chi connectivity index (χ3v) is 5.12. The number of primary sulfonamides is 1. The van der Waals surface area contributed by atoms with Crippen LogP contribution in [0.1, 0.15) is 25.3 Å². The number of hydrogen-bond acceptors (Lipinski definition) is 4. The normalized spacial score (nSPS) is 22.1. The van der Waals surface area contributed by atoms with Gasteiger partial charge in [0.15, 0.2) is 0 Å². The number of sulfonamides is 1. The second-order valence-electron chi connectivity index (χ2n) is 5.88. The van der Waals surface area contributed by atoms with Crippen LogP contribution in [0.5, 0.6) is 0 Å². The van der Waals surface area contributed by atoms with Gasteiger partial charge in [0.05, 0.1) is 11.0 Å². The maximum atomic E-state index is 11.2. The Morgan fingerprint density at radius 1 is 1.38 bits per heavy atom. The molecule has 3 N–H and O–H groups in total. The number of benzene rings is 1. The van der Waals surface area contributed by atoms with Crippen LogP contribution in [0, 0.1) is 5.92 Å². The summed E-state index contributed by atoms with van der Waals surface area (Å²) in [5.41, 5.74) is 1.10. The maximum absolute atomic E-state index is 11.2. The Labute approximate surface area is 126 Å². The van der Waals surface area contributed by atoms with Gasteiger partial charge in [-0.25, -0.2) is 13.6 Å². The summed E-state index contributed by atoms with van der Waals surface area (Å²) >= 11 is 0. The van der Waals surface area contributed by atoms with Gasteiger partial charge >= 0.3 is 0 Å². The molecule has 2 unspecified atom stereocenters. The highest BCUT2D eigenvalue weighted by Crippen LogP contribution is 2.20. The topological polar surface area (TPSA) is 83.6 Å². The van der Waals surface area contributed by atoms with Gasteiger partial charge in [-0.1, -0.05) is 12.1 Å². The van der Waals surface area contributed by atoms with Gasteiger partial charge in [0.1, 0.15) is 0 Å². The van der Waals surface area contributed by atoms with Gasteiger partial charge in [-0.05, 0) is 56.3 Å². The third-order valence-electron chi connectivity index (χ3n) is 4.19. The minimum atomic E-state index is -3.61. The van der Waals surface area contributed by atoms with Crippen molar-refractivity contribution in [2.45, 2.75) is 37.2 Å². The average molecular weight is 312 g/mol. The molecule has 0 radical (unpaired) electrons. The van der Waals surface area contributed by atoms with Crippen molar-refractivity contribution in [3.8, 4) is 0 Å². The zero-order valence-corrected chi connectivity index (χ0v) is 13.2. The van der Waals surface area contributed by atoms with E-state index in [2.05, 4.69) is 4.90 Å². The fourth-order valence-electron chi connectivity index (χ4n) is 2.82. The molecular formula is C15H24N2O3S. The molecule has 1 aromatic rings. The average Bonchev–Trinajstić information content (AvgIpc) is 2.45. The Kier molecular flexibility index (Phi) is 5.37. The van der Waals surface area contributed by atoms with E-state index >= 15 is 0 Å². The van der Waals surface area contributed by atoms with E-state index in [4.69, 9.17) is 5.14 Å². The number of nitrogens with two attached hydrogens (primary N) is 1. The van der Waals surface area contributed by atoms with Gasteiger partial charge in [0.25, 0.3) is 0 Å². The minimum Gasteiger partial charge on any atom is -0.393 e. The van der Waals surface area contributed by atoms with Gasteiger partial charge in [0.2, 0.25) is 10.0 Å². The largest absolute Gasteiger partial charge is 0.393 e. The lowest BCUT2D eigenvalue weighted by atomic mass is 9.93. The Morgan fingerprint density at radius 2 is 2.05 bits per heavy atom. The standard InChI is InChI=1S/C15H24N2O3S/c1-12(18)14-3-2-9-17(11-14)10-8-13-4-6-15(7-5-13)21(16,19)20/h4-7,12,14,18H,2-3,8-11H2,1H3,(H2,16,19,20). The van der Waals surface area contributed by atoms with Crippen LogP contribution >= 0.6 is 0 Å². The molecule has 1 aliphatic rings. The lowest BCUT2D eigenvalue weighted by molar-refractivity contribution is 0.0634. The van der Waals surface area contributed by atoms with Crippen molar-refractivity contribution in [2.24, 2.45) is 11.1 Å². The highest BCUT2D eigenvalue weighted by atomic mass is 32.2. The first-order valence-corrected chi connectivity index (χ1v) is 8.93. The Balaban J connectivity index is 1.88. The van der Waals surface area contributed by atoms with Crippen LogP contribution in [0.2, 0.25) is 0 Å². The number of nitrogens with zero attached hydrogens (tertiary/aromatic N) is 1. The highest BCUT2D eigenvalue weighted by Gasteiger charge is 2.22. The molecule has 0 aromatic heterocycles. The molecule has 0 aliphatic carbocycles. The van der Waals surface area contributed by atoms with E-state index in [1.165, 1.54) is 0 Å². The van der Waals surface area contributed by atoms with Crippen LogP contribution in [0.3, 0.4) is 0 Å². The summed E-state index contributed by atoms with van der Waals surface area (Å²) < 4.78 is 22.4. The van der Waals surface area contributed by atoms with Gasteiger partial charge in [-0.15, -0.1) is 0 Å². The molecule has 6 heteroatoms. The molecule has 1 heterocycles. The molecule has 1 saturated heterocycles. The molecule has 21 heavy (non-hydrogen) atoms. The van der Waals surface area contributed by atoms with E-state index < -0.39 is 10.0 Å². The summed E-state index contributed by atoms with van der Waals surface area (Å²) in [5, 5.41) is 14.8. The zero-order chi connectivity index (χ0) is 15.5. The number of rotatable bonds is 5. The monoisotopic (exact) mass is 312 g/mol. The summed E-state index contributed by atoms with van der Waals surface area (Å²) in [5.74, 6) is 0.364. The van der Waals surface area contributed by atoms with E-state index in [0.717, 1.165) is 44.5 Å². The Morgan fingerprint density at radius 3 is 2.62 bits per heavy atom. The molecule has 0 amide bonds. The molecule has 118 valence electrons. The van der Waals surface area contributed by atoms with Crippen LogP contribution < -0.4 is 5.14 Å². The first-order chi connectivity index (χ1) is 9.86. The zero-order valence-electron chi connectivity index (χ0n) is 12.4. The fourth-order valence-corrected chi connectivity index (χ4v) is 3.34. The molecule has 0 bridgehead atoms. The first-order valence-electron chi connectivity index (χ1n) is 7.38. The molecular weight excluding hydrogens is 288 g/mol. The highest BCUT2D eigenvalue weighted by molar-refractivity contribution is 7.89. The van der Waals surface area contributed by atoms with E-state index in [-0.39, 0.29) is 11.0 Å². The summed E-state index contributed by atoms with van der Waals surface area (Å²) in [4.78, 5) is 2.52. The first kappa shape index (κ1) is 16.4. The summed E-state index contributed by atoms with van der Waals surface area (Å²) in [6.07, 6.45) is 2.84. The molecule has 2 rings (SSSR count). The predicted molar refractivity (Wildman–Crippen MR) is 82.4 cm³/mol. The summed E-state index contributed by atoms with van der Waals surface area (Å²) in [7, 11) is -3.61. The molecule has 0 saturated carbocycles. The van der Waals surface area contributed by atoms with Crippen LogP contribution in [0.25, 0.3) is 0 Å². The van der Waals surface area contributed by atoms with Crippen LogP contribution in [-0.2, 0) is 16.4 Å². The summed E-state index contributed by atoms with van der Waals surface area (Å²) in [6.45, 7) is 4.80. The van der Waals surface area contributed by atoms with Crippen LogP contribution in [-0.4, -0.2) is 44.2 Å². The molecule has 0 spiro atoms. The van der Waals surface area contributed by atoms with E-state index in [0.29, 0.717) is 5.92 Å². The van der Waals surface area contributed by atoms with Gasteiger partial charge in [-0.3, -0.25) is 0 Å². The number of aliphatic hydroxyl groups excluding tert-OH is 1. The van der Waals surface area contributed by atoms with Crippen molar-refractivity contribution < 1.29 is 13.5 Å². The Hall–Kier alpha value is -0.950. The smallest absolute Gasteiger partial charge is 0.238 e. The molecule has 2 atom stereocenters. The van der Waals surface area contributed by atoms with Crippen molar-refractivity contribution >= 4 is 10.0 Å². The van der Waals surface area contributed by atoms with E-state index in [9.17, 15) is 13.5 Å². The SMILES string of the molecule is CC(O)C1CCCN(CCc2ccc(S(N)(=O)=O)cc2)C1. The third kappa shape index (κ3) is 4.78. The minimum absolute atomic E-state index is 0.151. The molecule has 5 nitrogen and oxygen atoms in total. The van der Waals surface area contributed by atoms with Crippen molar-refractivity contribution in [3.05, 3.63) is 29.8 Å². The van der Waals surface area contributed by atoms with Gasteiger partial charge < -0.3 is 10.0 Å².